The zero-order chi connectivity index (χ0) is 14.2. The molecule has 114 valence electrons. The zero-order valence-electron chi connectivity index (χ0n) is 12.2. The Hall–Kier alpha value is -1.07. The summed E-state index contributed by atoms with van der Waals surface area (Å²) in [7, 11) is 0. The number of carbonyl (C=O) groups is 1. The lowest BCUT2D eigenvalue weighted by Crippen LogP contribution is -2.49. The quantitative estimate of drug-likeness (QED) is 0.908. The standard InChI is InChI=1S/C16H22N2O2S/c19-16(17-15-5-3-7-21-15)20-14-9-11-8-12(14)13-4-1-2-6-18(13)10-11/h3,5,7,11-14H,1-2,4,6,8-10H2,(H,17,19)/t11-,12-,13-,14-/m1/s1. The first-order valence-electron chi connectivity index (χ1n) is 8.05. The highest BCUT2D eigenvalue weighted by molar-refractivity contribution is 7.14. The first-order valence-corrected chi connectivity index (χ1v) is 8.93. The number of anilines is 1. The van der Waals surface area contributed by atoms with Crippen LogP contribution in [-0.2, 0) is 4.74 Å². The fraction of sp³-hybridized carbons (Fsp3) is 0.688. The van der Waals surface area contributed by atoms with E-state index >= 15 is 0 Å². The van der Waals surface area contributed by atoms with Crippen LogP contribution in [0.3, 0.4) is 0 Å². The molecule has 1 aromatic heterocycles. The number of amides is 1. The minimum atomic E-state index is -0.280. The minimum absolute atomic E-state index is 0.114. The number of fused-ring (bicyclic) bond motifs is 4. The van der Waals surface area contributed by atoms with Gasteiger partial charge in [-0.05, 0) is 55.7 Å². The second-order valence-electron chi connectivity index (χ2n) is 6.61. The van der Waals surface area contributed by atoms with Crippen LogP contribution in [-0.4, -0.2) is 36.2 Å². The summed E-state index contributed by atoms with van der Waals surface area (Å²) < 4.78 is 5.78. The minimum Gasteiger partial charge on any atom is -0.446 e. The summed E-state index contributed by atoms with van der Waals surface area (Å²) in [5, 5.41) is 5.66. The van der Waals surface area contributed by atoms with Crippen LogP contribution < -0.4 is 5.32 Å². The predicted octanol–water partition coefficient (Wildman–Crippen LogP) is 3.56. The van der Waals surface area contributed by atoms with E-state index in [1.165, 1.54) is 50.1 Å². The van der Waals surface area contributed by atoms with Gasteiger partial charge in [0.25, 0.3) is 0 Å². The first-order chi connectivity index (χ1) is 10.3. The molecule has 1 saturated carbocycles. The summed E-state index contributed by atoms with van der Waals surface area (Å²) in [5.41, 5.74) is 0. The van der Waals surface area contributed by atoms with Crippen LogP contribution in [0.25, 0.3) is 0 Å². The van der Waals surface area contributed by atoms with Gasteiger partial charge in [0.1, 0.15) is 6.10 Å². The monoisotopic (exact) mass is 306 g/mol. The topological polar surface area (TPSA) is 41.6 Å². The van der Waals surface area contributed by atoms with Crippen molar-refractivity contribution >= 4 is 22.4 Å². The van der Waals surface area contributed by atoms with Crippen molar-refractivity contribution in [2.24, 2.45) is 11.8 Å². The molecule has 1 N–H and O–H groups in total. The van der Waals surface area contributed by atoms with Crippen LogP contribution in [0.15, 0.2) is 17.5 Å². The molecule has 0 radical (unpaired) electrons. The van der Waals surface area contributed by atoms with Crippen molar-refractivity contribution in [1.82, 2.24) is 4.90 Å². The van der Waals surface area contributed by atoms with Gasteiger partial charge in [-0.3, -0.25) is 10.2 Å². The lowest BCUT2D eigenvalue weighted by atomic mass is 9.84. The van der Waals surface area contributed by atoms with E-state index in [-0.39, 0.29) is 12.2 Å². The number of rotatable bonds is 2. The van der Waals surface area contributed by atoms with Crippen LogP contribution in [0.5, 0.6) is 0 Å². The van der Waals surface area contributed by atoms with E-state index < -0.39 is 0 Å². The van der Waals surface area contributed by atoms with Crippen molar-refractivity contribution in [3.63, 3.8) is 0 Å². The van der Waals surface area contributed by atoms with Gasteiger partial charge < -0.3 is 4.74 Å². The first kappa shape index (κ1) is 13.6. The molecular weight excluding hydrogens is 284 g/mol. The molecule has 0 unspecified atom stereocenters. The second kappa shape index (κ2) is 5.61. The Balaban J connectivity index is 1.40. The Morgan fingerprint density at radius 1 is 1.38 bits per heavy atom. The van der Waals surface area contributed by atoms with Crippen molar-refractivity contribution < 1.29 is 9.53 Å². The molecule has 2 aliphatic heterocycles. The van der Waals surface area contributed by atoms with Gasteiger partial charge >= 0.3 is 6.09 Å². The Morgan fingerprint density at radius 3 is 3.19 bits per heavy atom. The molecule has 0 aromatic carbocycles. The number of piperidine rings is 2. The Labute approximate surface area is 129 Å². The fourth-order valence-corrected chi connectivity index (χ4v) is 5.11. The van der Waals surface area contributed by atoms with Crippen molar-refractivity contribution in [2.45, 2.75) is 44.2 Å². The maximum atomic E-state index is 12.1. The molecule has 2 bridgehead atoms. The summed E-state index contributed by atoms with van der Waals surface area (Å²) in [6.45, 7) is 2.46. The number of ether oxygens (including phenoxy) is 1. The van der Waals surface area contributed by atoms with Crippen molar-refractivity contribution in [3.8, 4) is 0 Å². The van der Waals surface area contributed by atoms with Gasteiger partial charge in [0.05, 0.1) is 5.00 Å². The third-order valence-corrected chi connectivity index (χ3v) is 6.09. The molecule has 2 saturated heterocycles. The third kappa shape index (κ3) is 2.69. The summed E-state index contributed by atoms with van der Waals surface area (Å²) in [6, 6.07) is 4.49. The molecule has 3 aliphatic rings. The second-order valence-corrected chi connectivity index (χ2v) is 7.55. The maximum Gasteiger partial charge on any atom is 0.412 e. The predicted molar refractivity (Wildman–Crippen MR) is 83.6 cm³/mol. The molecule has 21 heavy (non-hydrogen) atoms. The third-order valence-electron chi connectivity index (χ3n) is 5.30. The normalized spacial score (nSPS) is 35.2. The molecule has 4 atom stereocenters. The van der Waals surface area contributed by atoms with Gasteiger partial charge in [-0.1, -0.05) is 6.42 Å². The molecule has 3 fully saturated rings. The average molecular weight is 306 g/mol. The lowest BCUT2D eigenvalue weighted by molar-refractivity contribution is 0.0181. The van der Waals surface area contributed by atoms with Gasteiger partial charge in [-0.15, -0.1) is 11.3 Å². The van der Waals surface area contributed by atoms with Crippen LogP contribution in [0, 0.1) is 11.8 Å². The highest BCUT2D eigenvalue weighted by Gasteiger charge is 2.48. The molecule has 1 aliphatic carbocycles. The van der Waals surface area contributed by atoms with Crippen molar-refractivity contribution in [2.75, 3.05) is 18.4 Å². The highest BCUT2D eigenvalue weighted by atomic mass is 32.1. The number of nitrogens with zero attached hydrogens (tertiary/aromatic N) is 1. The van der Waals surface area contributed by atoms with Gasteiger partial charge in [0.15, 0.2) is 0 Å². The molecule has 4 nitrogen and oxygen atoms in total. The number of hydrogen-bond donors (Lipinski definition) is 1. The molecule has 4 rings (SSSR count). The molecule has 1 amide bonds. The molecule has 5 heteroatoms. The molecule has 1 aromatic rings. The Kier molecular flexibility index (Phi) is 3.63. The molecular formula is C16H22N2O2S. The maximum absolute atomic E-state index is 12.1. The number of carbonyl (C=O) groups excluding carboxylic acids is 1. The number of hydrogen-bond acceptors (Lipinski definition) is 4. The van der Waals surface area contributed by atoms with E-state index in [2.05, 4.69) is 10.2 Å². The van der Waals surface area contributed by atoms with Gasteiger partial charge in [0.2, 0.25) is 0 Å². The van der Waals surface area contributed by atoms with E-state index in [1.807, 2.05) is 17.5 Å². The average Bonchev–Trinajstić information content (AvgIpc) is 3.08. The van der Waals surface area contributed by atoms with E-state index in [1.54, 1.807) is 0 Å². The van der Waals surface area contributed by atoms with Gasteiger partial charge in [0, 0.05) is 18.5 Å². The smallest absolute Gasteiger partial charge is 0.412 e. The largest absolute Gasteiger partial charge is 0.446 e. The highest BCUT2D eigenvalue weighted by Crippen LogP contribution is 2.45. The van der Waals surface area contributed by atoms with Crippen LogP contribution >= 0.6 is 11.3 Å². The Bertz CT molecular complexity index is 504. The lowest BCUT2D eigenvalue weighted by Gasteiger charge is -2.43. The molecule has 3 heterocycles. The summed E-state index contributed by atoms with van der Waals surface area (Å²) >= 11 is 1.53. The van der Waals surface area contributed by atoms with Gasteiger partial charge in [-0.25, -0.2) is 4.79 Å². The number of nitrogens with one attached hydrogen (secondary N) is 1. The summed E-state index contributed by atoms with van der Waals surface area (Å²) in [4.78, 5) is 14.7. The Morgan fingerprint density at radius 2 is 2.33 bits per heavy atom. The van der Waals surface area contributed by atoms with Crippen molar-refractivity contribution in [3.05, 3.63) is 17.5 Å². The van der Waals surface area contributed by atoms with E-state index in [9.17, 15) is 4.79 Å². The van der Waals surface area contributed by atoms with E-state index in [4.69, 9.17) is 4.74 Å². The van der Waals surface area contributed by atoms with E-state index in [0.717, 1.165) is 17.3 Å². The van der Waals surface area contributed by atoms with Crippen LogP contribution in [0.2, 0.25) is 0 Å². The summed E-state index contributed by atoms with van der Waals surface area (Å²) in [5.74, 6) is 1.28. The van der Waals surface area contributed by atoms with Crippen LogP contribution in [0.1, 0.15) is 32.1 Å². The van der Waals surface area contributed by atoms with E-state index in [0.29, 0.717) is 12.0 Å². The zero-order valence-corrected chi connectivity index (χ0v) is 13.0. The summed E-state index contributed by atoms with van der Waals surface area (Å²) in [6.07, 6.45) is 6.08. The fourth-order valence-electron chi connectivity index (χ4n) is 4.50. The van der Waals surface area contributed by atoms with Crippen LogP contribution in [0.4, 0.5) is 9.80 Å². The van der Waals surface area contributed by atoms with Gasteiger partial charge in [-0.2, -0.15) is 0 Å². The van der Waals surface area contributed by atoms with Crippen molar-refractivity contribution in [1.29, 1.82) is 0 Å². The number of thiophene rings is 1. The SMILES string of the molecule is O=C(Nc1cccs1)O[C@@H]1C[C@H]2C[C@@H]1[C@H]1CCCCN1C2. The molecule has 0 spiro atoms.